The topological polar surface area (TPSA) is 49.9 Å². The maximum Gasteiger partial charge on any atom is 0.257 e. The van der Waals surface area contributed by atoms with Gasteiger partial charge >= 0.3 is 0 Å². The molecule has 0 radical (unpaired) electrons. The number of hydrogen-bond donors (Lipinski definition) is 0. The Morgan fingerprint density at radius 2 is 1.77 bits per heavy atom. The Balaban J connectivity index is 1.66. The minimum absolute atomic E-state index is 0.0447. The number of halogens is 1. The number of nitrogens with zero attached hydrogens (tertiary/aromatic N) is 2. The Labute approximate surface area is 138 Å². The molecule has 1 aromatic carbocycles. The van der Waals surface area contributed by atoms with E-state index in [1.165, 1.54) is 0 Å². The number of amides is 2. The third kappa shape index (κ3) is 3.11. The molecule has 22 heavy (non-hydrogen) atoms. The van der Waals surface area contributed by atoms with Crippen molar-refractivity contribution in [3.8, 4) is 5.75 Å². The van der Waals surface area contributed by atoms with Crippen molar-refractivity contribution in [2.24, 2.45) is 5.92 Å². The molecule has 0 atom stereocenters. The van der Waals surface area contributed by atoms with E-state index in [0.717, 1.165) is 17.3 Å². The van der Waals surface area contributed by atoms with Gasteiger partial charge in [0.1, 0.15) is 5.75 Å². The predicted molar refractivity (Wildman–Crippen MR) is 85.9 cm³/mol. The summed E-state index contributed by atoms with van der Waals surface area (Å²) in [5, 5.41) is 0. The van der Waals surface area contributed by atoms with Crippen LogP contribution < -0.4 is 4.74 Å². The minimum atomic E-state index is -0.0447. The van der Waals surface area contributed by atoms with Crippen molar-refractivity contribution in [2.45, 2.75) is 12.8 Å². The van der Waals surface area contributed by atoms with Gasteiger partial charge in [0.15, 0.2) is 0 Å². The molecule has 0 N–H and O–H groups in total. The van der Waals surface area contributed by atoms with Gasteiger partial charge in [0.2, 0.25) is 5.91 Å². The molecule has 0 unspecified atom stereocenters. The van der Waals surface area contributed by atoms with Crippen LogP contribution in [-0.4, -0.2) is 54.9 Å². The van der Waals surface area contributed by atoms with Crippen LogP contribution in [0.4, 0.5) is 0 Å². The zero-order chi connectivity index (χ0) is 15.7. The van der Waals surface area contributed by atoms with Gasteiger partial charge in [-0.15, -0.1) is 0 Å². The standard InChI is InChI=1S/C16H19BrN2O3/c1-22-14-5-4-12(17)10-13(14)16(21)19-8-6-18(7-9-19)15(20)11-2-3-11/h4-5,10-11H,2-3,6-9H2,1H3. The number of piperazine rings is 1. The Bertz CT molecular complexity index is 593. The van der Waals surface area contributed by atoms with E-state index in [1.807, 2.05) is 11.0 Å². The summed E-state index contributed by atoms with van der Waals surface area (Å²) in [4.78, 5) is 28.4. The average Bonchev–Trinajstić information content (AvgIpc) is 3.38. The lowest BCUT2D eigenvalue weighted by atomic mass is 10.1. The molecule has 2 fully saturated rings. The van der Waals surface area contributed by atoms with E-state index in [9.17, 15) is 9.59 Å². The summed E-state index contributed by atoms with van der Waals surface area (Å²) < 4.78 is 6.12. The van der Waals surface area contributed by atoms with Crippen LogP contribution in [0.15, 0.2) is 22.7 Å². The van der Waals surface area contributed by atoms with E-state index >= 15 is 0 Å². The van der Waals surface area contributed by atoms with Gasteiger partial charge in [0.25, 0.3) is 5.91 Å². The van der Waals surface area contributed by atoms with E-state index in [1.54, 1.807) is 24.1 Å². The van der Waals surface area contributed by atoms with Crippen molar-refractivity contribution < 1.29 is 14.3 Å². The maximum atomic E-state index is 12.7. The van der Waals surface area contributed by atoms with Crippen LogP contribution >= 0.6 is 15.9 Å². The number of rotatable bonds is 3. The van der Waals surface area contributed by atoms with Crippen LogP contribution in [0.1, 0.15) is 23.2 Å². The van der Waals surface area contributed by atoms with Crippen LogP contribution in [0.3, 0.4) is 0 Å². The van der Waals surface area contributed by atoms with E-state index in [4.69, 9.17) is 4.74 Å². The van der Waals surface area contributed by atoms with Gasteiger partial charge in [0.05, 0.1) is 12.7 Å². The van der Waals surface area contributed by atoms with Gasteiger partial charge in [0, 0.05) is 36.6 Å². The first kappa shape index (κ1) is 15.3. The first-order valence-corrected chi connectivity index (χ1v) is 8.31. The molecule has 3 rings (SSSR count). The highest BCUT2D eigenvalue weighted by atomic mass is 79.9. The lowest BCUT2D eigenvalue weighted by Crippen LogP contribution is -2.51. The van der Waals surface area contributed by atoms with Crippen molar-refractivity contribution >= 4 is 27.7 Å². The third-order valence-corrected chi connectivity index (χ3v) is 4.69. The first-order chi connectivity index (χ1) is 10.6. The summed E-state index contributed by atoms with van der Waals surface area (Å²) in [5.41, 5.74) is 0.554. The molecule has 6 heteroatoms. The van der Waals surface area contributed by atoms with Crippen LogP contribution in [-0.2, 0) is 4.79 Å². The van der Waals surface area contributed by atoms with Crippen LogP contribution in [0.5, 0.6) is 5.75 Å². The molecular weight excluding hydrogens is 348 g/mol. The zero-order valence-corrected chi connectivity index (χ0v) is 14.1. The summed E-state index contributed by atoms with van der Waals surface area (Å²) in [6.07, 6.45) is 2.04. The van der Waals surface area contributed by atoms with Crippen LogP contribution in [0.2, 0.25) is 0 Å². The predicted octanol–water partition coefficient (Wildman–Crippen LogP) is 2.15. The van der Waals surface area contributed by atoms with Gasteiger partial charge in [-0.3, -0.25) is 9.59 Å². The Morgan fingerprint density at radius 1 is 1.14 bits per heavy atom. The molecule has 1 aliphatic carbocycles. The number of carbonyl (C=O) groups excluding carboxylic acids is 2. The Hall–Kier alpha value is -1.56. The van der Waals surface area contributed by atoms with E-state index in [0.29, 0.717) is 37.5 Å². The summed E-state index contributed by atoms with van der Waals surface area (Å²) in [6, 6.07) is 5.41. The second kappa shape index (κ2) is 6.28. The lowest BCUT2D eigenvalue weighted by Gasteiger charge is -2.35. The van der Waals surface area contributed by atoms with E-state index in [2.05, 4.69) is 15.9 Å². The first-order valence-electron chi connectivity index (χ1n) is 7.51. The summed E-state index contributed by atoms with van der Waals surface area (Å²) in [6.45, 7) is 2.40. The largest absolute Gasteiger partial charge is 0.496 e. The summed E-state index contributed by atoms with van der Waals surface area (Å²) >= 11 is 3.39. The number of hydrogen-bond acceptors (Lipinski definition) is 3. The summed E-state index contributed by atoms with van der Waals surface area (Å²) in [7, 11) is 1.56. The molecule has 1 heterocycles. The molecule has 0 aromatic heterocycles. The minimum Gasteiger partial charge on any atom is -0.496 e. The number of benzene rings is 1. The average molecular weight is 367 g/mol. The number of methoxy groups -OCH3 is 1. The van der Waals surface area contributed by atoms with Crippen LogP contribution in [0.25, 0.3) is 0 Å². The molecular formula is C16H19BrN2O3. The fraction of sp³-hybridized carbons (Fsp3) is 0.500. The van der Waals surface area contributed by atoms with Crippen molar-refractivity contribution in [1.29, 1.82) is 0 Å². The molecule has 2 amide bonds. The van der Waals surface area contributed by atoms with Crippen LogP contribution in [0, 0.1) is 5.92 Å². The molecule has 0 bridgehead atoms. The van der Waals surface area contributed by atoms with Crippen molar-refractivity contribution in [1.82, 2.24) is 9.80 Å². The molecule has 118 valence electrons. The monoisotopic (exact) mass is 366 g/mol. The summed E-state index contributed by atoms with van der Waals surface area (Å²) in [5.74, 6) is 1.03. The lowest BCUT2D eigenvalue weighted by molar-refractivity contribution is -0.134. The molecule has 2 aliphatic rings. The Morgan fingerprint density at radius 3 is 2.36 bits per heavy atom. The Kier molecular flexibility index (Phi) is 4.38. The third-order valence-electron chi connectivity index (χ3n) is 4.20. The number of carbonyl (C=O) groups is 2. The van der Waals surface area contributed by atoms with Gasteiger partial charge in [-0.1, -0.05) is 15.9 Å². The fourth-order valence-corrected chi connectivity index (χ4v) is 3.10. The normalized spacial score (nSPS) is 18.3. The van der Waals surface area contributed by atoms with Crippen molar-refractivity contribution in [2.75, 3.05) is 33.3 Å². The van der Waals surface area contributed by atoms with Gasteiger partial charge in [-0.2, -0.15) is 0 Å². The fourth-order valence-electron chi connectivity index (χ4n) is 2.74. The van der Waals surface area contributed by atoms with Gasteiger partial charge < -0.3 is 14.5 Å². The van der Waals surface area contributed by atoms with Gasteiger partial charge in [-0.05, 0) is 31.0 Å². The number of ether oxygens (including phenoxy) is 1. The van der Waals surface area contributed by atoms with E-state index in [-0.39, 0.29) is 17.7 Å². The zero-order valence-electron chi connectivity index (χ0n) is 12.5. The molecule has 1 aliphatic heterocycles. The highest BCUT2D eigenvalue weighted by molar-refractivity contribution is 9.10. The molecule has 0 spiro atoms. The quantitative estimate of drug-likeness (QED) is 0.823. The van der Waals surface area contributed by atoms with Crippen molar-refractivity contribution in [3.63, 3.8) is 0 Å². The maximum absolute atomic E-state index is 12.7. The van der Waals surface area contributed by atoms with Gasteiger partial charge in [-0.25, -0.2) is 0 Å². The van der Waals surface area contributed by atoms with E-state index < -0.39 is 0 Å². The highest BCUT2D eigenvalue weighted by Crippen LogP contribution is 2.31. The second-order valence-electron chi connectivity index (χ2n) is 5.74. The highest BCUT2D eigenvalue weighted by Gasteiger charge is 2.35. The molecule has 1 aromatic rings. The molecule has 1 saturated carbocycles. The second-order valence-corrected chi connectivity index (χ2v) is 6.65. The molecule has 5 nitrogen and oxygen atoms in total. The SMILES string of the molecule is COc1ccc(Br)cc1C(=O)N1CCN(C(=O)C2CC2)CC1. The smallest absolute Gasteiger partial charge is 0.257 e. The van der Waals surface area contributed by atoms with Crippen molar-refractivity contribution in [3.05, 3.63) is 28.2 Å². The molecule has 1 saturated heterocycles.